The first kappa shape index (κ1) is 49.0. The molecule has 1 aromatic heterocycles. The maximum atomic E-state index is 2.77. The van der Waals surface area contributed by atoms with Crippen molar-refractivity contribution in [1.29, 1.82) is 0 Å². The normalized spacial score (nSPS) is 22.1. The Labute approximate surface area is 444 Å². The summed E-state index contributed by atoms with van der Waals surface area (Å²) in [6.07, 6.45) is 5.78. The summed E-state index contributed by atoms with van der Waals surface area (Å²) in [4.78, 5) is 4.26. The molecule has 376 valence electrons. The van der Waals surface area contributed by atoms with Gasteiger partial charge in [-0.3, -0.25) is 0 Å². The SMILES string of the molecule is Cc1cc2c3c(c1)N(c1ccc(C(C)(C)C)cc1)c1ccc4cc1B3c1c(sc3cc5c(cc13)C(C)(CCC5(C)C)C4(C)C)C([C@@H](C)c1ccc(C(C)(C)C)cc1-c1cc3c(cc1C)C(C)(C)CCC3(C)C)C2. The van der Waals surface area contributed by atoms with Gasteiger partial charge in [-0.2, -0.15) is 0 Å². The van der Waals surface area contributed by atoms with Crippen molar-refractivity contribution in [3.05, 3.63) is 163 Å². The monoisotopic (exact) mass is 980 g/mol. The molecule has 73 heavy (non-hydrogen) atoms. The lowest BCUT2D eigenvalue weighted by atomic mass is 9.33. The van der Waals surface area contributed by atoms with E-state index < -0.39 is 0 Å². The molecule has 1 nitrogen and oxygen atoms in total. The van der Waals surface area contributed by atoms with Crippen LogP contribution in [0.4, 0.5) is 17.1 Å². The quantitative estimate of drug-likeness (QED) is 0.159. The lowest BCUT2D eigenvalue weighted by molar-refractivity contribution is 0.208. The third-order valence-electron chi connectivity index (χ3n) is 20.6. The molecule has 3 atom stereocenters. The van der Waals surface area contributed by atoms with Crippen molar-refractivity contribution in [2.45, 2.75) is 206 Å². The van der Waals surface area contributed by atoms with E-state index in [-0.39, 0.29) is 56.5 Å². The molecule has 0 radical (unpaired) electrons. The topological polar surface area (TPSA) is 3.24 Å². The van der Waals surface area contributed by atoms with Crippen molar-refractivity contribution < 1.29 is 0 Å². The molecule has 2 unspecified atom stereocenters. The fourth-order valence-corrected chi connectivity index (χ4v) is 16.5. The van der Waals surface area contributed by atoms with Crippen molar-refractivity contribution in [2.24, 2.45) is 0 Å². The van der Waals surface area contributed by atoms with Gasteiger partial charge < -0.3 is 4.90 Å². The molecule has 5 aliphatic rings. The zero-order valence-electron chi connectivity index (χ0n) is 47.9. The fourth-order valence-electron chi connectivity index (χ4n) is 15.1. The number of benzene rings is 6. The third kappa shape index (κ3) is 7.11. The van der Waals surface area contributed by atoms with Crippen molar-refractivity contribution in [2.75, 3.05) is 4.90 Å². The minimum Gasteiger partial charge on any atom is -0.312 e. The summed E-state index contributed by atoms with van der Waals surface area (Å²) in [5.74, 6) is 0.500. The second kappa shape index (κ2) is 15.6. The van der Waals surface area contributed by atoms with Crippen LogP contribution in [0.1, 0.15) is 214 Å². The van der Waals surface area contributed by atoms with Crippen molar-refractivity contribution in [1.82, 2.24) is 0 Å². The largest absolute Gasteiger partial charge is 0.312 e. The van der Waals surface area contributed by atoms with Crippen LogP contribution in [0.3, 0.4) is 0 Å². The standard InChI is InChI=1S/C70H82BNS/c1-40-31-43-34-50(42(3)48-25-21-45(65(7,8)9)35-51(48)49-37-54-53(33-41(49)2)66(10,11)27-28-67(54,12)13)63-62-52-38-56-55(39-60(52)73-63)68(14,15)29-30-70(56,18)69(16,17)46-22-26-58-57(36-46)71(62)61(43)59(32-40)72(58)47-23-19-44(20-24-47)64(4,5)6/h19-26,31-33,35-39,42,50H,27-30,34H2,1-18H3/t42-,50?,70?/m0/s1. The van der Waals surface area contributed by atoms with Crippen LogP contribution < -0.4 is 21.3 Å². The summed E-state index contributed by atoms with van der Waals surface area (Å²) in [6.45, 7) is 44.3. The summed E-state index contributed by atoms with van der Waals surface area (Å²) < 4.78 is 1.48. The van der Waals surface area contributed by atoms with E-state index in [9.17, 15) is 0 Å². The van der Waals surface area contributed by atoms with Crippen LogP contribution in [0, 0.1) is 13.8 Å². The maximum Gasteiger partial charge on any atom is 0.249 e. The van der Waals surface area contributed by atoms with E-state index in [2.05, 4.69) is 238 Å². The summed E-state index contributed by atoms with van der Waals surface area (Å²) in [5.41, 5.74) is 27.9. The summed E-state index contributed by atoms with van der Waals surface area (Å²) in [5, 5.41) is 1.50. The Balaban J connectivity index is 1.16. The Hall–Kier alpha value is -4.86. The predicted octanol–water partition coefficient (Wildman–Crippen LogP) is 17.5. The highest BCUT2D eigenvalue weighted by Gasteiger charge is 2.52. The molecule has 0 fully saturated rings. The second-order valence-electron chi connectivity index (χ2n) is 28.9. The smallest absolute Gasteiger partial charge is 0.249 e. The molecule has 4 bridgehead atoms. The number of hydrogen-bond donors (Lipinski definition) is 0. The van der Waals surface area contributed by atoms with E-state index in [1.54, 1.807) is 32.6 Å². The Morgan fingerprint density at radius 1 is 0.589 bits per heavy atom. The summed E-state index contributed by atoms with van der Waals surface area (Å²) in [6, 6.07) is 40.9. The first-order valence-corrected chi connectivity index (χ1v) is 28.9. The molecular weight excluding hydrogens is 898 g/mol. The molecule has 0 N–H and O–H groups in total. The summed E-state index contributed by atoms with van der Waals surface area (Å²) >= 11 is 2.15. The molecule has 0 saturated carbocycles. The number of hydrogen-bond acceptors (Lipinski definition) is 2. The van der Waals surface area contributed by atoms with Gasteiger partial charge in [0.1, 0.15) is 0 Å². The lowest BCUT2D eigenvalue weighted by Gasteiger charge is -2.53. The average molecular weight is 980 g/mol. The fraction of sp³-hybridized carbons (Fsp3) is 0.457. The van der Waals surface area contributed by atoms with Gasteiger partial charge >= 0.3 is 0 Å². The van der Waals surface area contributed by atoms with Crippen LogP contribution in [0.15, 0.2) is 97.1 Å². The first-order valence-electron chi connectivity index (χ1n) is 28.1. The van der Waals surface area contributed by atoms with Crippen molar-refractivity contribution in [3.8, 4) is 11.1 Å². The van der Waals surface area contributed by atoms with E-state index in [4.69, 9.17) is 0 Å². The van der Waals surface area contributed by atoms with Gasteiger partial charge in [0.2, 0.25) is 6.71 Å². The van der Waals surface area contributed by atoms with Gasteiger partial charge in [-0.15, -0.1) is 11.3 Å². The van der Waals surface area contributed by atoms with E-state index in [0.29, 0.717) is 0 Å². The van der Waals surface area contributed by atoms with Crippen molar-refractivity contribution in [3.63, 3.8) is 0 Å². The number of nitrogens with zero attached hydrogens (tertiary/aromatic N) is 1. The van der Waals surface area contributed by atoms with Crippen LogP contribution in [-0.2, 0) is 44.3 Å². The van der Waals surface area contributed by atoms with E-state index in [1.807, 2.05) is 0 Å². The van der Waals surface area contributed by atoms with Crippen LogP contribution >= 0.6 is 11.3 Å². The molecule has 0 amide bonds. The third-order valence-corrected chi connectivity index (χ3v) is 21.9. The molecule has 7 aromatic rings. The van der Waals surface area contributed by atoms with E-state index in [0.717, 1.165) is 6.42 Å². The second-order valence-corrected chi connectivity index (χ2v) is 30.0. The highest BCUT2D eigenvalue weighted by atomic mass is 32.1. The van der Waals surface area contributed by atoms with Gasteiger partial charge in [0.05, 0.1) is 0 Å². The number of fused-ring (bicyclic) bond motifs is 2. The van der Waals surface area contributed by atoms with Gasteiger partial charge in [0.25, 0.3) is 0 Å². The first-order chi connectivity index (χ1) is 34.0. The molecule has 0 saturated heterocycles. The molecular formula is C70H82BNS. The minimum absolute atomic E-state index is 0.0162. The van der Waals surface area contributed by atoms with Crippen LogP contribution in [0.5, 0.6) is 0 Å². The van der Waals surface area contributed by atoms with Gasteiger partial charge in [0, 0.05) is 38.0 Å². The molecule has 6 aromatic carbocycles. The number of thiophene rings is 1. The van der Waals surface area contributed by atoms with Crippen LogP contribution in [0.25, 0.3) is 21.2 Å². The molecule has 3 heteroatoms. The number of anilines is 3. The average Bonchev–Trinajstić information content (AvgIpc) is 3.61. The van der Waals surface area contributed by atoms with Crippen molar-refractivity contribution >= 4 is 61.6 Å². The highest BCUT2D eigenvalue weighted by molar-refractivity contribution is 7.22. The molecule has 3 aliphatic heterocycles. The number of rotatable bonds is 4. The Kier molecular flexibility index (Phi) is 10.5. The summed E-state index contributed by atoms with van der Waals surface area (Å²) in [7, 11) is 0. The van der Waals surface area contributed by atoms with Crippen LogP contribution in [0.2, 0.25) is 0 Å². The lowest BCUT2D eigenvalue weighted by Crippen LogP contribution is -2.59. The number of aryl methyl sites for hydroxylation is 2. The Morgan fingerprint density at radius 2 is 1.21 bits per heavy atom. The zero-order chi connectivity index (χ0) is 52.1. The van der Waals surface area contributed by atoms with E-state index >= 15 is 0 Å². The maximum absolute atomic E-state index is 2.77. The van der Waals surface area contributed by atoms with Gasteiger partial charge in [-0.1, -0.05) is 171 Å². The molecule has 0 spiro atoms. The Bertz CT molecular complexity index is 3470. The molecule has 4 heterocycles. The predicted molar refractivity (Wildman–Crippen MR) is 319 cm³/mol. The zero-order valence-corrected chi connectivity index (χ0v) is 48.7. The molecule has 2 aliphatic carbocycles. The Morgan fingerprint density at radius 3 is 1.86 bits per heavy atom. The van der Waals surface area contributed by atoms with Gasteiger partial charge in [0.15, 0.2) is 0 Å². The molecule has 12 rings (SSSR count). The minimum atomic E-state index is -0.107. The van der Waals surface area contributed by atoms with Gasteiger partial charge in [-0.25, -0.2) is 0 Å². The van der Waals surface area contributed by atoms with Gasteiger partial charge in [-0.05, 0) is 215 Å². The highest BCUT2D eigenvalue weighted by Crippen LogP contribution is 2.58. The van der Waals surface area contributed by atoms with E-state index in [1.165, 1.54) is 114 Å². The van der Waals surface area contributed by atoms with Crippen LogP contribution in [-0.4, -0.2) is 6.71 Å².